The first-order valence-electron chi connectivity index (χ1n) is 7.54. The van der Waals surface area contributed by atoms with Crippen molar-refractivity contribution in [2.24, 2.45) is 5.73 Å². The number of nitrogens with one attached hydrogen (secondary N) is 1. The molecule has 1 atom stereocenters. The molecule has 0 bridgehead atoms. The highest BCUT2D eigenvalue weighted by atomic mass is 35.5. The van der Waals surface area contributed by atoms with Crippen molar-refractivity contribution in [2.45, 2.75) is 6.04 Å². The molecule has 2 amide bonds. The number of amides is 2. The Labute approximate surface area is 154 Å². The van der Waals surface area contributed by atoms with Gasteiger partial charge in [-0.1, -0.05) is 29.8 Å². The zero-order valence-electron chi connectivity index (χ0n) is 13.1. The molecule has 4 nitrogen and oxygen atoms in total. The van der Waals surface area contributed by atoms with Crippen LogP contribution in [0.2, 0.25) is 5.02 Å². The molecule has 0 aliphatic heterocycles. The molecule has 1 aromatic heterocycles. The van der Waals surface area contributed by atoms with Gasteiger partial charge >= 0.3 is 0 Å². The van der Waals surface area contributed by atoms with Crippen molar-refractivity contribution in [3.63, 3.8) is 0 Å². The van der Waals surface area contributed by atoms with Gasteiger partial charge in [-0.15, -0.1) is 11.3 Å². The van der Waals surface area contributed by atoms with Crippen LogP contribution in [0.15, 0.2) is 66.0 Å². The third-order valence-electron chi connectivity index (χ3n) is 3.74. The first kappa shape index (κ1) is 17.2. The lowest BCUT2D eigenvalue weighted by Crippen LogP contribution is -2.28. The first-order chi connectivity index (χ1) is 12.0. The molecule has 0 saturated carbocycles. The average molecular weight is 371 g/mol. The van der Waals surface area contributed by atoms with Gasteiger partial charge in [0.2, 0.25) is 5.91 Å². The highest BCUT2D eigenvalue weighted by Gasteiger charge is 2.19. The predicted octanol–water partition coefficient (Wildman–Crippen LogP) is 4.02. The van der Waals surface area contributed by atoms with E-state index in [1.54, 1.807) is 47.7 Å². The summed E-state index contributed by atoms with van der Waals surface area (Å²) in [5.41, 5.74) is 6.99. The molecular weight excluding hydrogens is 356 g/mol. The Balaban J connectivity index is 1.86. The maximum atomic E-state index is 12.6. The van der Waals surface area contributed by atoms with Gasteiger partial charge in [-0.25, -0.2) is 0 Å². The molecule has 0 unspecified atom stereocenters. The molecule has 1 heterocycles. The number of benzene rings is 2. The summed E-state index contributed by atoms with van der Waals surface area (Å²) >= 11 is 7.53. The monoisotopic (exact) mass is 370 g/mol. The minimum absolute atomic E-state index is 0.232. The second-order valence-electron chi connectivity index (χ2n) is 5.42. The third kappa shape index (κ3) is 4.07. The zero-order valence-corrected chi connectivity index (χ0v) is 14.7. The van der Waals surface area contributed by atoms with E-state index in [1.807, 2.05) is 29.6 Å². The van der Waals surface area contributed by atoms with Gasteiger partial charge < -0.3 is 11.1 Å². The van der Waals surface area contributed by atoms with Crippen molar-refractivity contribution in [2.75, 3.05) is 0 Å². The SMILES string of the molecule is NC(=O)c1ccc(C(=O)N[C@@H](c2ccc(Cl)cc2)c2cccs2)cc1. The summed E-state index contributed by atoms with van der Waals surface area (Å²) in [5, 5.41) is 5.64. The minimum atomic E-state index is -0.524. The molecular formula is C19H15ClN2O2S. The molecule has 3 N–H and O–H groups in total. The quantitative estimate of drug-likeness (QED) is 0.712. The predicted molar refractivity (Wildman–Crippen MR) is 100 cm³/mol. The summed E-state index contributed by atoms with van der Waals surface area (Å²) in [7, 11) is 0. The van der Waals surface area contributed by atoms with Crippen molar-refractivity contribution < 1.29 is 9.59 Å². The van der Waals surface area contributed by atoms with E-state index >= 15 is 0 Å². The molecule has 126 valence electrons. The Morgan fingerprint density at radius 1 is 0.960 bits per heavy atom. The Hall–Kier alpha value is -2.63. The summed E-state index contributed by atoms with van der Waals surface area (Å²) in [5.74, 6) is -0.756. The van der Waals surface area contributed by atoms with Crippen LogP contribution < -0.4 is 11.1 Å². The Kier molecular flexibility index (Phi) is 5.16. The number of halogens is 1. The van der Waals surface area contributed by atoms with E-state index in [-0.39, 0.29) is 11.9 Å². The van der Waals surface area contributed by atoms with Crippen molar-refractivity contribution in [3.8, 4) is 0 Å². The highest BCUT2D eigenvalue weighted by Crippen LogP contribution is 2.27. The molecule has 6 heteroatoms. The second kappa shape index (κ2) is 7.51. The number of primary amides is 1. The summed E-state index contributed by atoms with van der Waals surface area (Å²) < 4.78 is 0. The van der Waals surface area contributed by atoms with Gasteiger partial charge in [-0.05, 0) is 53.4 Å². The van der Waals surface area contributed by atoms with Crippen molar-refractivity contribution in [1.29, 1.82) is 0 Å². The van der Waals surface area contributed by atoms with Crippen molar-refractivity contribution in [3.05, 3.63) is 92.6 Å². The molecule has 0 spiro atoms. The minimum Gasteiger partial charge on any atom is -0.366 e. The van der Waals surface area contributed by atoms with Crippen LogP contribution in [-0.4, -0.2) is 11.8 Å². The van der Waals surface area contributed by atoms with Gasteiger partial charge in [0.1, 0.15) is 0 Å². The largest absolute Gasteiger partial charge is 0.366 e. The molecule has 0 fully saturated rings. The average Bonchev–Trinajstić information content (AvgIpc) is 3.15. The van der Waals surface area contributed by atoms with E-state index in [0.717, 1.165) is 10.4 Å². The molecule has 3 aromatic rings. The maximum absolute atomic E-state index is 12.6. The topological polar surface area (TPSA) is 72.2 Å². The van der Waals surface area contributed by atoms with Crippen molar-refractivity contribution in [1.82, 2.24) is 5.32 Å². The fraction of sp³-hybridized carbons (Fsp3) is 0.0526. The fourth-order valence-electron chi connectivity index (χ4n) is 2.43. The Morgan fingerprint density at radius 3 is 2.16 bits per heavy atom. The van der Waals surface area contributed by atoms with Crippen LogP contribution in [0.25, 0.3) is 0 Å². The van der Waals surface area contributed by atoms with Gasteiger partial charge in [0.05, 0.1) is 6.04 Å². The number of hydrogen-bond donors (Lipinski definition) is 2. The molecule has 2 aromatic carbocycles. The van der Waals surface area contributed by atoms with Gasteiger partial charge in [0.15, 0.2) is 0 Å². The van der Waals surface area contributed by atoms with Crippen LogP contribution in [0, 0.1) is 0 Å². The van der Waals surface area contributed by atoms with Crippen molar-refractivity contribution >= 4 is 34.8 Å². The summed E-state index contributed by atoms with van der Waals surface area (Å²) in [4.78, 5) is 24.8. The van der Waals surface area contributed by atoms with Gasteiger partial charge in [0, 0.05) is 21.0 Å². The maximum Gasteiger partial charge on any atom is 0.252 e. The lowest BCUT2D eigenvalue weighted by molar-refractivity contribution is 0.0941. The number of carbonyl (C=O) groups excluding carboxylic acids is 2. The molecule has 25 heavy (non-hydrogen) atoms. The van der Waals surface area contributed by atoms with Crippen LogP contribution in [0.4, 0.5) is 0 Å². The number of thiophene rings is 1. The van der Waals surface area contributed by atoms with E-state index in [0.29, 0.717) is 16.1 Å². The number of hydrogen-bond acceptors (Lipinski definition) is 3. The number of carbonyl (C=O) groups is 2. The van der Waals surface area contributed by atoms with Gasteiger partial charge in [0.25, 0.3) is 5.91 Å². The zero-order chi connectivity index (χ0) is 17.8. The van der Waals surface area contributed by atoms with E-state index in [2.05, 4.69) is 5.32 Å². The van der Waals surface area contributed by atoms with Gasteiger partial charge in [-0.3, -0.25) is 9.59 Å². The Morgan fingerprint density at radius 2 is 1.60 bits per heavy atom. The second-order valence-corrected chi connectivity index (χ2v) is 6.83. The van der Waals surface area contributed by atoms with Crippen LogP contribution in [-0.2, 0) is 0 Å². The molecule has 0 radical (unpaired) electrons. The summed E-state index contributed by atoms with van der Waals surface area (Å²) in [6.45, 7) is 0. The summed E-state index contributed by atoms with van der Waals surface area (Å²) in [6.07, 6.45) is 0. The van der Waals surface area contributed by atoms with Crippen LogP contribution in [0.1, 0.15) is 37.2 Å². The molecule has 0 saturated heterocycles. The lowest BCUT2D eigenvalue weighted by Gasteiger charge is -2.18. The van der Waals surface area contributed by atoms with E-state index in [1.165, 1.54) is 0 Å². The standard InChI is InChI=1S/C19H15ClN2O2S/c20-15-9-7-12(8-10-15)17(16-2-1-11-25-16)22-19(24)14-5-3-13(4-6-14)18(21)23/h1-11,17H,(H2,21,23)(H,22,24)/t17-/m0/s1. The van der Waals surface area contributed by atoms with Gasteiger partial charge in [-0.2, -0.15) is 0 Å². The van der Waals surface area contributed by atoms with Crippen LogP contribution in [0.3, 0.4) is 0 Å². The smallest absolute Gasteiger partial charge is 0.252 e. The van der Waals surface area contributed by atoms with E-state index in [4.69, 9.17) is 17.3 Å². The number of rotatable bonds is 5. The Bertz CT molecular complexity index is 875. The first-order valence-corrected chi connectivity index (χ1v) is 8.80. The third-order valence-corrected chi connectivity index (χ3v) is 4.93. The van der Waals surface area contributed by atoms with Crippen LogP contribution in [0.5, 0.6) is 0 Å². The van der Waals surface area contributed by atoms with Crippen LogP contribution >= 0.6 is 22.9 Å². The molecule has 0 aliphatic rings. The van der Waals surface area contributed by atoms with E-state index in [9.17, 15) is 9.59 Å². The normalized spacial score (nSPS) is 11.7. The highest BCUT2D eigenvalue weighted by molar-refractivity contribution is 7.10. The van der Waals surface area contributed by atoms with E-state index < -0.39 is 5.91 Å². The number of nitrogens with two attached hydrogens (primary N) is 1. The fourth-order valence-corrected chi connectivity index (χ4v) is 3.36. The molecule has 3 rings (SSSR count). The summed E-state index contributed by atoms with van der Waals surface area (Å²) in [6, 6.07) is 17.3. The molecule has 0 aliphatic carbocycles. The lowest BCUT2D eigenvalue weighted by atomic mass is 10.0.